The van der Waals surface area contributed by atoms with Crippen LogP contribution in [0.1, 0.15) is 29.7 Å². The molecule has 116 valence electrons. The van der Waals surface area contributed by atoms with E-state index in [-0.39, 0.29) is 18.4 Å². The van der Waals surface area contributed by atoms with Gasteiger partial charge in [-0.3, -0.25) is 4.79 Å². The van der Waals surface area contributed by atoms with E-state index < -0.39 is 6.10 Å². The number of nitrogens with one attached hydrogen (secondary N) is 1. The number of aliphatic hydroxyl groups is 1. The quantitative estimate of drug-likeness (QED) is 0.861. The van der Waals surface area contributed by atoms with Crippen molar-refractivity contribution in [1.29, 1.82) is 0 Å². The summed E-state index contributed by atoms with van der Waals surface area (Å²) in [4.78, 5) is 12.1. The van der Waals surface area contributed by atoms with Gasteiger partial charge in [-0.05, 0) is 30.0 Å². The monoisotopic (exact) mass is 297 g/mol. The first-order valence-electron chi connectivity index (χ1n) is 7.63. The van der Waals surface area contributed by atoms with Crippen LogP contribution in [0.15, 0.2) is 54.6 Å². The summed E-state index contributed by atoms with van der Waals surface area (Å²) in [5.41, 5.74) is 3.03. The zero-order valence-corrected chi connectivity index (χ0v) is 13.1. The molecule has 2 aromatic rings. The molecule has 2 unspecified atom stereocenters. The molecule has 2 aromatic carbocycles. The van der Waals surface area contributed by atoms with Crippen LogP contribution in [-0.4, -0.2) is 17.6 Å². The molecule has 2 N–H and O–H groups in total. The number of aliphatic hydroxyl groups excluding tert-OH is 1. The Hall–Kier alpha value is -2.13. The van der Waals surface area contributed by atoms with Crippen LogP contribution >= 0.6 is 0 Å². The summed E-state index contributed by atoms with van der Waals surface area (Å²) >= 11 is 0. The van der Waals surface area contributed by atoms with Gasteiger partial charge in [-0.15, -0.1) is 0 Å². The third-order valence-corrected chi connectivity index (χ3v) is 3.85. The second kappa shape index (κ2) is 7.76. The van der Waals surface area contributed by atoms with Crippen molar-refractivity contribution in [3.63, 3.8) is 0 Å². The lowest BCUT2D eigenvalue weighted by Gasteiger charge is -2.17. The van der Waals surface area contributed by atoms with E-state index in [2.05, 4.69) is 5.32 Å². The van der Waals surface area contributed by atoms with Crippen LogP contribution in [0.3, 0.4) is 0 Å². The molecule has 0 spiro atoms. The zero-order chi connectivity index (χ0) is 15.9. The molecule has 3 heteroatoms. The highest BCUT2D eigenvalue weighted by Gasteiger charge is 2.16. The molecule has 0 radical (unpaired) electrons. The Morgan fingerprint density at radius 2 is 1.73 bits per heavy atom. The van der Waals surface area contributed by atoms with Gasteiger partial charge in [0.2, 0.25) is 5.91 Å². The number of benzene rings is 2. The van der Waals surface area contributed by atoms with Gasteiger partial charge in [0.25, 0.3) is 0 Å². The first kappa shape index (κ1) is 16.2. The highest BCUT2D eigenvalue weighted by atomic mass is 16.3. The van der Waals surface area contributed by atoms with E-state index in [1.807, 2.05) is 68.4 Å². The molecule has 2 rings (SSSR count). The fraction of sp³-hybridized carbons (Fsp3) is 0.316. The van der Waals surface area contributed by atoms with Crippen molar-refractivity contribution in [1.82, 2.24) is 5.32 Å². The molecule has 0 fully saturated rings. The van der Waals surface area contributed by atoms with Crippen molar-refractivity contribution in [2.75, 3.05) is 6.54 Å². The SMILES string of the molecule is Cc1ccccc1C(O)CNC(=O)C(C)Cc1ccccc1. The maximum atomic E-state index is 12.1. The molecule has 0 aliphatic carbocycles. The molecule has 0 saturated carbocycles. The summed E-state index contributed by atoms with van der Waals surface area (Å²) in [7, 11) is 0. The first-order chi connectivity index (χ1) is 10.6. The maximum Gasteiger partial charge on any atom is 0.223 e. The number of carbonyl (C=O) groups is 1. The molecular weight excluding hydrogens is 274 g/mol. The van der Waals surface area contributed by atoms with E-state index in [1.54, 1.807) is 0 Å². The third kappa shape index (κ3) is 4.43. The Bertz CT molecular complexity index is 610. The van der Waals surface area contributed by atoms with Gasteiger partial charge in [-0.25, -0.2) is 0 Å². The highest BCUT2D eigenvalue weighted by molar-refractivity contribution is 5.78. The number of hydrogen-bond acceptors (Lipinski definition) is 2. The summed E-state index contributed by atoms with van der Waals surface area (Å²) in [6.45, 7) is 4.10. The van der Waals surface area contributed by atoms with Crippen molar-refractivity contribution < 1.29 is 9.90 Å². The largest absolute Gasteiger partial charge is 0.387 e. The Kier molecular flexibility index (Phi) is 5.73. The van der Waals surface area contributed by atoms with Crippen LogP contribution in [0, 0.1) is 12.8 Å². The Labute approximate surface area is 132 Å². The molecule has 0 aromatic heterocycles. The summed E-state index contributed by atoms with van der Waals surface area (Å²) in [6.07, 6.45) is 0.0294. The van der Waals surface area contributed by atoms with E-state index in [4.69, 9.17) is 0 Å². The zero-order valence-electron chi connectivity index (χ0n) is 13.1. The number of hydrogen-bond donors (Lipinski definition) is 2. The summed E-state index contributed by atoms with van der Waals surface area (Å²) in [6, 6.07) is 17.6. The molecule has 2 atom stereocenters. The third-order valence-electron chi connectivity index (χ3n) is 3.85. The molecular formula is C19H23NO2. The van der Waals surface area contributed by atoms with Gasteiger partial charge in [0.15, 0.2) is 0 Å². The fourth-order valence-electron chi connectivity index (χ4n) is 2.50. The number of carbonyl (C=O) groups excluding carboxylic acids is 1. The molecule has 0 heterocycles. The number of aryl methyl sites for hydroxylation is 1. The van der Waals surface area contributed by atoms with Crippen LogP contribution < -0.4 is 5.32 Å². The lowest BCUT2D eigenvalue weighted by atomic mass is 10.00. The molecule has 1 amide bonds. The Morgan fingerprint density at radius 1 is 1.09 bits per heavy atom. The predicted octanol–water partition coefficient (Wildman–Crippen LogP) is 3.02. The van der Waals surface area contributed by atoms with Gasteiger partial charge < -0.3 is 10.4 Å². The van der Waals surface area contributed by atoms with Gasteiger partial charge in [0.05, 0.1) is 6.10 Å². The van der Waals surface area contributed by atoms with E-state index in [1.165, 1.54) is 0 Å². The smallest absolute Gasteiger partial charge is 0.223 e. The topological polar surface area (TPSA) is 49.3 Å². The van der Waals surface area contributed by atoms with Crippen molar-refractivity contribution in [2.45, 2.75) is 26.4 Å². The molecule has 0 bridgehead atoms. The molecule has 0 aliphatic heterocycles. The normalized spacial score (nSPS) is 13.4. The van der Waals surface area contributed by atoms with Crippen LogP contribution in [-0.2, 0) is 11.2 Å². The predicted molar refractivity (Wildman–Crippen MR) is 88.5 cm³/mol. The van der Waals surface area contributed by atoms with Gasteiger partial charge >= 0.3 is 0 Å². The van der Waals surface area contributed by atoms with Gasteiger partial charge in [0, 0.05) is 12.5 Å². The summed E-state index contributed by atoms with van der Waals surface area (Å²) in [5, 5.41) is 13.0. The molecule has 3 nitrogen and oxygen atoms in total. The molecule has 22 heavy (non-hydrogen) atoms. The lowest BCUT2D eigenvalue weighted by Crippen LogP contribution is -2.33. The summed E-state index contributed by atoms with van der Waals surface area (Å²) < 4.78 is 0. The number of rotatable bonds is 6. The standard InChI is InChI=1S/C19H23NO2/c1-14-8-6-7-11-17(14)18(21)13-20-19(22)15(2)12-16-9-4-3-5-10-16/h3-11,15,18,21H,12-13H2,1-2H3,(H,20,22). The van der Waals surface area contributed by atoms with Crippen LogP contribution in [0.4, 0.5) is 0 Å². The van der Waals surface area contributed by atoms with Gasteiger partial charge in [0.1, 0.15) is 0 Å². The van der Waals surface area contributed by atoms with Gasteiger partial charge in [-0.1, -0.05) is 61.5 Å². The maximum absolute atomic E-state index is 12.1. The van der Waals surface area contributed by atoms with Crippen LogP contribution in [0.2, 0.25) is 0 Å². The van der Waals surface area contributed by atoms with Gasteiger partial charge in [-0.2, -0.15) is 0 Å². The summed E-state index contributed by atoms with van der Waals surface area (Å²) in [5.74, 6) is -0.150. The minimum atomic E-state index is -0.672. The molecule has 0 aliphatic rings. The Balaban J connectivity index is 1.86. The number of amides is 1. The van der Waals surface area contributed by atoms with E-state index in [0.29, 0.717) is 6.42 Å². The first-order valence-corrected chi connectivity index (χ1v) is 7.63. The van der Waals surface area contributed by atoms with Crippen LogP contribution in [0.25, 0.3) is 0 Å². The second-order valence-corrected chi connectivity index (χ2v) is 5.71. The average Bonchev–Trinajstić information content (AvgIpc) is 2.53. The highest BCUT2D eigenvalue weighted by Crippen LogP contribution is 2.16. The fourth-order valence-corrected chi connectivity index (χ4v) is 2.50. The lowest BCUT2D eigenvalue weighted by molar-refractivity contribution is -0.124. The van der Waals surface area contributed by atoms with Crippen molar-refractivity contribution >= 4 is 5.91 Å². The molecule has 0 saturated heterocycles. The average molecular weight is 297 g/mol. The van der Waals surface area contributed by atoms with Crippen molar-refractivity contribution in [2.24, 2.45) is 5.92 Å². The van der Waals surface area contributed by atoms with Crippen molar-refractivity contribution in [3.8, 4) is 0 Å². The minimum Gasteiger partial charge on any atom is -0.387 e. The minimum absolute atomic E-state index is 0.0310. The van der Waals surface area contributed by atoms with Crippen LogP contribution in [0.5, 0.6) is 0 Å². The van der Waals surface area contributed by atoms with Crippen molar-refractivity contribution in [3.05, 3.63) is 71.3 Å². The van der Waals surface area contributed by atoms with E-state index >= 15 is 0 Å². The van der Waals surface area contributed by atoms with E-state index in [0.717, 1.165) is 16.7 Å². The second-order valence-electron chi connectivity index (χ2n) is 5.71. The van der Waals surface area contributed by atoms with E-state index in [9.17, 15) is 9.90 Å². The Morgan fingerprint density at radius 3 is 2.41 bits per heavy atom.